The molecule has 1 aliphatic rings. The van der Waals surface area contributed by atoms with Crippen LogP contribution < -0.4 is 15.8 Å². The fraction of sp³-hybridized carbons (Fsp3) is 0.400. The Morgan fingerprint density at radius 1 is 1.48 bits per heavy atom. The number of thiazole rings is 1. The SMILES string of the molecule is CN[C@@]1(c2cccc(OC)c2F)CCc2nc(N)sc2C1. The van der Waals surface area contributed by atoms with E-state index in [0.29, 0.717) is 17.1 Å². The zero-order valence-corrected chi connectivity index (χ0v) is 12.9. The zero-order chi connectivity index (χ0) is 15.0. The minimum atomic E-state index is -0.440. The Hall–Kier alpha value is -1.66. The number of aryl methyl sites for hydroxylation is 1. The van der Waals surface area contributed by atoms with Crippen LogP contribution in [0.4, 0.5) is 9.52 Å². The number of benzene rings is 1. The molecule has 0 saturated carbocycles. The molecule has 21 heavy (non-hydrogen) atoms. The van der Waals surface area contributed by atoms with Crippen molar-refractivity contribution in [2.45, 2.75) is 24.8 Å². The van der Waals surface area contributed by atoms with Gasteiger partial charge in [-0.1, -0.05) is 12.1 Å². The molecule has 0 saturated heterocycles. The maximum Gasteiger partial charge on any atom is 0.180 e. The number of ether oxygens (including phenoxy) is 1. The second-order valence-corrected chi connectivity index (χ2v) is 6.37. The van der Waals surface area contributed by atoms with Crippen molar-refractivity contribution in [3.05, 3.63) is 40.2 Å². The highest BCUT2D eigenvalue weighted by Crippen LogP contribution is 2.41. The number of nitrogens with one attached hydrogen (secondary N) is 1. The molecular formula is C15H18FN3OS. The van der Waals surface area contributed by atoms with Crippen molar-refractivity contribution in [3.63, 3.8) is 0 Å². The summed E-state index contributed by atoms with van der Waals surface area (Å²) in [7, 11) is 3.35. The molecule has 0 unspecified atom stereocenters. The van der Waals surface area contributed by atoms with Crippen LogP contribution in [-0.2, 0) is 18.4 Å². The number of nitrogen functional groups attached to an aromatic ring is 1. The average molecular weight is 307 g/mol. The Bertz CT molecular complexity index is 673. The third kappa shape index (κ3) is 2.28. The molecule has 1 aromatic heterocycles. The van der Waals surface area contributed by atoms with E-state index in [1.54, 1.807) is 6.07 Å². The van der Waals surface area contributed by atoms with Crippen LogP contribution in [0.1, 0.15) is 22.6 Å². The van der Waals surface area contributed by atoms with E-state index in [2.05, 4.69) is 10.3 Å². The average Bonchev–Trinajstić information content (AvgIpc) is 2.86. The molecule has 0 radical (unpaired) electrons. The van der Waals surface area contributed by atoms with E-state index in [9.17, 15) is 4.39 Å². The zero-order valence-electron chi connectivity index (χ0n) is 12.1. The van der Waals surface area contributed by atoms with Crippen LogP contribution in [0.15, 0.2) is 18.2 Å². The van der Waals surface area contributed by atoms with Crippen molar-refractivity contribution < 1.29 is 9.13 Å². The Balaban J connectivity index is 2.06. The second-order valence-electron chi connectivity index (χ2n) is 5.25. The molecule has 3 N–H and O–H groups in total. The molecule has 0 bridgehead atoms. The molecule has 2 aromatic rings. The van der Waals surface area contributed by atoms with Crippen LogP contribution in [0.2, 0.25) is 0 Å². The number of nitrogens with two attached hydrogens (primary N) is 1. The van der Waals surface area contributed by atoms with Gasteiger partial charge in [-0.3, -0.25) is 0 Å². The summed E-state index contributed by atoms with van der Waals surface area (Å²) < 4.78 is 19.8. The van der Waals surface area contributed by atoms with E-state index in [1.807, 2.05) is 19.2 Å². The van der Waals surface area contributed by atoms with Crippen molar-refractivity contribution in [1.82, 2.24) is 10.3 Å². The number of aromatic nitrogens is 1. The fourth-order valence-electron chi connectivity index (χ4n) is 3.05. The van der Waals surface area contributed by atoms with E-state index in [-0.39, 0.29) is 11.6 Å². The van der Waals surface area contributed by atoms with Gasteiger partial charge in [0.15, 0.2) is 16.7 Å². The Kier molecular flexibility index (Phi) is 3.59. The largest absolute Gasteiger partial charge is 0.494 e. The van der Waals surface area contributed by atoms with Crippen molar-refractivity contribution >= 4 is 16.5 Å². The maximum absolute atomic E-state index is 14.7. The maximum atomic E-state index is 14.7. The van der Waals surface area contributed by atoms with E-state index < -0.39 is 5.54 Å². The number of hydrogen-bond acceptors (Lipinski definition) is 5. The van der Waals surface area contributed by atoms with Crippen molar-refractivity contribution in [2.24, 2.45) is 0 Å². The number of methoxy groups -OCH3 is 1. The lowest BCUT2D eigenvalue weighted by molar-refractivity contribution is 0.296. The molecule has 1 heterocycles. The molecule has 3 rings (SSSR count). The molecule has 1 aromatic carbocycles. The number of anilines is 1. The van der Waals surface area contributed by atoms with Gasteiger partial charge in [0, 0.05) is 16.9 Å². The van der Waals surface area contributed by atoms with Gasteiger partial charge in [0.05, 0.1) is 18.3 Å². The minimum Gasteiger partial charge on any atom is -0.494 e. The number of hydrogen-bond donors (Lipinski definition) is 2. The molecule has 112 valence electrons. The highest BCUT2D eigenvalue weighted by atomic mass is 32.1. The van der Waals surface area contributed by atoms with E-state index >= 15 is 0 Å². The summed E-state index contributed by atoms with van der Waals surface area (Å²) in [5, 5.41) is 3.90. The highest BCUT2D eigenvalue weighted by Gasteiger charge is 2.39. The lowest BCUT2D eigenvalue weighted by atomic mass is 9.77. The van der Waals surface area contributed by atoms with Gasteiger partial charge >= 0.3 is 0 Å². The third-order valence-electron chi connectivity index (χ3n) is 4.22. The van der Waals surface area contributed by atoms with E-state index in [4.69, 9.17) is 10.5 Å². The summed E-state index contributed by atoms with van der Waals surface area (Å²) in [6.45, 7) is 0. The summed E-state index contributed by atoms with van der Waals surface area (Å²) >= 11 is 1.49. The number of nitrogens with zero attached hydrogens (tertiary/aromatic N) is 1. The molecule has 0 fully saturated rings. The molecule has 1 aliphatic carbocycles. The summed E-state index contributed by atoms with van der Waals surface area (Å²) in [4.78, 5) is 5.49. The summed E-state index contributed by atoms with van der Waals surface area (Å²) in [5.74, 6) is -0.0213. The van der Waals surface area contributed by atoms with Gasteiger partial charge in [-0.25, -0.2) is 9.37 Å². The van der Waals surface area contributed by atoms with Gasteiger partial charge < -0.3 is 15.8 Å². The molecule has 0 amide bonds. The van der Waals surface area contributed by atoms with E-state index in [1.165, 1.54) is 18.4 Å². The van der Waals surface area contributed by atoms with E-state index in [0.717, 1.165) is 23.4 Å². The first-order valence-corrected chi connectivity index (χ1v) is 7.67. The first-order chi connectivity index (χ1) is 10.1. The van der Waals surface area contributed by atoms with Crippen LogP contribution in [0.25, 0.3) is 0 Å². The van der Waals surface area contributed by atoms with Gasteiger partial charge in [-0.2, -0.15) is 0 Å². The van der Waals surface area contributed by atoms with Crippen LogP contribution in [0.5, 0.6) is 5.75 Å². The van der Waals surface area contributed by atoms with Crippen molar-refractivity contribution in [3.8, 4) is 5.75 Å². The van der Waals surface area contributed by atoms with Gasteiger partial charge in [-0.15, -0.1) is 11.3 Å². The van der Waals surface area contributed by atoms with Crippen molar-refractivity contribution in [2.75, 3.05) is 19.9 Å². The van der Waals surface area contributed by atoms with Crippen LogP contribution >= 0.6 is 11.3 Å². The third-order valence-corrected chi connectivity index (χ3v) is 5.15. The fourth-order valence-corrected chi connectivity index (χ4v) is 4.04. The van der Waals surface area contributed by atoms with Crippen LogP contribution in [0.3, 0.4) is 0 Å². The summed E-state index contributed by atoms with van der Waals surface area (Å²) in [5.41, 5.74) is 7.04. The van der Waals surface area contributed by atoms with Crippen LogP contribution in [-0.4, -0.2) is 19.1 Å². The number of fused-ring (bicyclic) bond motifs is 1. The summed E-state index contributed by atoms with van der Waals surface area (Å²) in [6, 6.07) is 5.29. The predicted octanol–water partition coefficient (Wildman–Crippen LogP) is 2.48. The molecule has 1 atom stereocenters. The van der Waals surface area contributed by atoms with Gasteiger partial charge in [0.1, 0.15) is 0 Å². The molecule has 6 heteroatoms. The van der Waals surface area contributed by atoms with Crippen LogP contribution in [0, 0.1) is 5.82 Å². The Morgan fingerprint density at radius 3 is 3.00 bits per heavy atom. The van der Waals surface area contributed by atoms with Gasteiger partial charge in [0.2, 0.25) is 0 Å². The van der Waals surface area contributed by atoms with Gasteiger partial charge in [0.25, 0.3) is 0 Å². The monoisotopic (exact) mass is 307 g/mol. The first kappa shape index (κ1) is 14.3. The first-order valence-electron chi connectivity index (χ1n) is 6.85. The molecule has 0 spiro atoms. The normalized spacial score (nSPS) is 21.1. The minimum absolute atomic E-state index is 0.275. The molecule has 0 aliphatic heterocycles. The lowest BCUT2D eigenvalue weighted by Crippen LogP contribution is -2.45. The highest BCUT2D eigenvalue weighted by molar-refractivity contribution is 7.15. The predicted molar refractivity (Wildman–Crippen MR) is 82.2 cm³/mol. The number of halogens is 1. The molecule has 4 nitrogen and oxygen atoms in total. The standard InChI is InChI=1S/C15H18FN3OS/c1-18-15(9-4-3-5-11(20-2)13(9)16)7-6-10-12(8-15)21-14(17)19-10/h3-5,18H,6-8H2,1-2H3,(H2,17,19)/t15-/m0/s1. The van der Waals surface area contributed by atoms with Gasteiger partial charge in [-0.05, 0) is 26.0 Å². The smallest absolute Gasteiger partial charge is 0.180 e. The second kappa shape index (κ2) is 5.27. The Morgan fingerprint density at radius 2 is 2.29 bits per heavy atom. The number of rotatable bonds is 3. The van der Waals surface area contributed by atoms with Crippen molar-refractivity contribution in [1.29, 1.82) is 0 Å². The Labute approximate surface area is 127 Å². The lowest BCUT2D eigenvalue weighted by Gasteiger charge is -2.37. The quantitative estimate of drug-likeness (QED) is 0.914. The topological polar surface area (TPSA) is 60.2 Å². The number of likely N-dealkylation sites (N-methyl/N-ethyl adjacent to an activating group) is 1. The molecular weight excluding hydrogens is 289 g/mol. The summed E-state index contributed by atoms with van der Waals surface area (Å²) in [6.07, 6.45) is 2.27.